The number of hydrogen-bond donors (Lipinski definition) is 5. The lowest BCUT2D eigenvalue weighted by atomic mass is 10.1. The Balaban J connectivity index is 1.17. The van der Waals surface area contributed by atoms with Gasteiger partial charge in [-0.3, -0.25) is 19.6 Å². The smallest absolute Gasteiger partial charge is 0.220 e. The van der Waals surface area contributed by atoms with Crippen molar-refractivity contribution in [3.05, 3.63) is 82.0 Å². The van der Waals surface area contributed by atoms with E-state index >= 15 is 4.39 Å². The lowest BCUT2D eigenvalue weighted by molar-refractivity contribution is -0.120. The Morgan fingerprint density at radius 3 is 2.25 bits per heavy atom. The summed E-state index contributed by atoms with van der Waals surface area (Å²) in [5.74, 6) is 0.0539. The SMILES string of the molecule is COc1nc(-c2ccnc(-c3cccc(Nc4ccnc(CNC[C@@H]5CCC(=O)N5)c4F)c3Cl)c2Cl)ccc1CNC[C@H]1CCC(=O)N1. The molecule has 6 rings (SSSR count). The second-order valence-corrected chi connectivity index (χ2v) is 12.4. The molecule has 2 aliphatic heterocycles. The molecular formula is C34H35Cl2FN8O3. The van der Waals surface area contributed by atoms with Crippen LogP contribution < -0.4 is 31.3 Å². The number of benzene rings is 1. The third-order valence-corrected chi connectivity index (χ3v) is 9.13. The molecule has 14 heteroatoms. The molecule has 2 atom stereocenters. The maximum Gasteiger partial charge on any atom is 0.220 e. The van der Waals surface area contributed by atoms with Crippen molar-refractivity contribution in [2.75, 3.05) is 25.5 Å². The van der Waals surface area contributed by atoms with Crippen LogP contribution in [0.25, 0.3) is 22.5 Å². The molecule has 0 spiro atoms. The molecule has 0 bridgehead atoms. The Morgan fingerprint density at radius 2 is 1.56 bits per heavy atom. The van der Waals surface area contributed by atoms with Crippen LogP contribution in [0, 0.1) is 5.82 Å². The standard InChI is InChI=1S/C34H35Cl2FN8O3/c1-48-34-19(15-38-16-20-6-9-28(46)42-20)5-8-24(45-34)22-11-13-41-33(31(22)36)23-3-2-4-25(30(23)35)44-26-12-14-40-27(32(26)37)18-39-17-21-7-10-29(47)43-21/h2-5,8,11-14,20-21,38-39H,6-7,9-10,15-18H2,1H3,(H,40,44)(H,42,46)(H,43,47)/t20-,21+/m1/s1. The predicted octanol–water partition coefficient (Wildman–Crippen LogP) is 5.14. The van der Waals surface area contributed by atoms with Gasteiger partial charge in [-0.25, -0.2) is 9.37 Å². The number of nitrogens with zero attached hydrogens (tertiary/aromatic N) is 3. The highest BCUT2D eigenvalue weighted by molar-refractivity contribution is 6.39. The summed E-state index contributed by atoms with van der Waals surface area (Å²) in [6.45, 7) is 1.89. The van der Waals surface area contributed by atoms with E-state index in [9.17, 15) is 9.59 Å². The summed E-state index contributed by atoms with van der Waals surface area (Å²) in [6, 6.07) is 12.6. The van der Waals surface area contributed by atoms with Crippen LogP contribution >= 0.6 is 23.2 Å². The number of nitrogens with one attached hydrogen (secondary N) is 5. The van der Waals surface area contributed by atoms with Gasteiger partial charge in [0.25, 0.3) is 0 Å². The lowest BCUT2D eigenvalue weighted by Gasteiger charge is -2.16. The molecule has 2 aliphatic rings. The quantitative estimate of drug-likeness (QED) is 0.129. The number of halogens is 3. The number of carbonyl (C=O) groups is 2. The van der Waals surface area contributed by atoms with E-state index in [0.717, 1.165) is 18.4 Å². The van der Waals surface area contributed by atoms with Crippen molar-refractivity contribution in [3.8, 4) is 28.4 Å². The van der Waals surface area contributed by atoms with E-state index in [-0.39, 0.29) is 41.8 Å². The van der Waals surface area contributed by atoms with Crippen LogP contribution in [0.3, 0.4) is 0 Å². The van der Waals surface area contributed by atoms with Gasteiger partial charge in [0, 0.05) is 80.2 Å². The van der Waals surface area contributed by atoms with Gasteiger partial charge in [0.05, 0.1) is 45.6 Å². The van der Waals surface area contributed by atoms with Crippen molar-refractivity contribution >= 4 is 46.4 Å². The Bertz CT molecular complexity index is 1830. The summed E-state index contributed by atoms with van der Waals surface area (Å²) in [5, 5.41) is 16.1. The lowest BCUT2D eigenvalue weighted by Crippen LogP contribution is -2.35. The molecular weight excluding hydrogens is 658 g/mol. The number of carbonyl (C=O) groups excluding carboxylic acids is 2. The number of methoxy groups -OCH3 is 1. The summed E-state index contributed by atoms with van der Waals surface area (Å²) in [5.41, 5.74) is 3.99. The zero-order valence-electron chi connectivity index (χ0n) is 26.2. The molecule has 4 aromatic rings. The van der Waals surface area contributed by atoms with Crippen molar-refractivity contribution in [1.29, 1.82) is 0 Å². The molecule has 250 valence electrons. The fraction of sp³-hybridized carbons (Fsp3) is 0.324. The van der Waals surface area contributed by atoms with E-state index in [1.165, 1.54) is 12.3 Å². The van der Waals surface area contributed by atoms with E-state index in [1.54, 1.807) is 37.6 Å². The number of pyridine rings is 3. The van der Waals surface area contributed by atoms with E-state index in [4.69, 9.17) is 32.9 Å². The number of amides is 2. The molecule has 0 unspecified atom stereocenters. The highest BCUT2D eigenvalue weighted by Crippen LogP contribution is 2.41. The zero-order valence-corrected chi connectivity index (χ0v) is 27.7. The van der Waals surface area contributed by atoms with E-state index in [2.05, 4.69) is 36.6 Å². The summed E-state index contributed by atoms with van der Waals surface area (Å²) in [6.07, 6.45) is 5.78. The van der Waals surface area contributed by atoms with Crippen molar-refractivity contribution in [2.45, 2.75) is 50.9 Å². The van der Waals surface area contributed by atoms with E-state index in [1.807, 2.05) is 12.1 Å². The van der Waals surface area contributed by atoms with Gasteiger partial charge >= 0.3 is 0 Å². The first-order valence-electron chi connectivity index (χ1n) is 15.7. The second-order valence-electron chi connectivity index (χ2n) is 11.7. The monoisotopic (exact) mass is 692 g/mol. The minimum Gasteiger partial charge on any atom is -0.481 e. The molecule has 5 heterocycles. The van der Waals surface area contributed by atoms with Gasteiger partial charge in [-0.15, -0.1) is 0 Å². The number of ether oxygens (including phenoxy) is 1. The third-order valence-electron chi connectivity index (χ3n) is 8.34. The Morgan fingerprint density at radius 1 is 0.854 bits per heavy atom. The van der Waals surface area contributed by atoms with Crippen LogP contribution in [0.1, 0.15) is 36.9 Å². The summed E-state index contributed by atoms with van der Waals surface area (Å²) < 4.78 is 21.1. The Kier molecular flexibility index (Phi) is 10.7. The average molecular weight is 694 g/mol. The van der Waals surface area contributed by atoms with Crippen LogP contribution in [-0.2, 0) is 22.7 Å². The largest absolute Gasteiger partial charge is 0.481 e. The molecule has 2 amide bonds. The minimum absolute atomic E-state index is 0.0284. The van der Waals surface area contributed by atoms with Crippen molar-refractivity contribution < 1.29 is 18.7 Å². The molecule has 0 aliphatic carbocycles. The predicted molar refractivity (Wildman–Crippen MR) is 183 cm³/mol. The van der Waals surface area contributed by atoms with Crippen molar-refractivity contribution in [2.24, 2.45) is 0 Å². The highest BCUT2D eigenvalue weighted by atomic mass is 35.5. The van der Waals surface area contributed by atoms with Gasteiger partial charge in [-0.05, 0) is 37.1 Å². The van der Waals surface area contributed by atoms with Gasteiger partial charge in [0.2, 0.25) is 17.7 Å². The summed E-state index contributed by atoms with van der Waals surface area (Å²) >= 11 is 13.8. The summed E-state index contributed by atoms with van der Waals surface area (Å²) in [7, 11) is 1.56. The van der Waals surface area contributed by atoms with Crippen LogP contribution in [0.2, 0.25) is 10.0 Å². The van der Waals surface area contributed by atoms with Crippen molar-refractivity contribution in [1.82, 2.24) is 36.2 Å². The molecule has 2 saturated heterocycles. The Labute approximate surface area is 287 Å². The number of anilines is 2. The molecule has 1 aromatic carbocycles. The number of hydrogen-bond acceptors (Lipinski definition) is 9. The maximum atomic E-state index is 15.5. The fourth-order valence-electron chi connectivity index (χ4n) is 5.83. The van der Waals surface area contributed by atoms with Crippen LogP contribution in [0.5, 0.6) is 5.88 Å². The fourth-order valence-corrected chi connectivity index (χ4v) is 6.40. The molecule has 5 N–H and O–H groups in total. The first kappa shape index (κ1) is 33.5. The second kappa shape index (κ2) is 15.2. The highest BCUT2D eigenvalue weighted by Gasteiger charge is 2.22. The zero-order chi connectivity index (χ0) is 33.6. The Hall–Kier alpha value is -4.36. The molecule has 0 radical (unpaired) electrons. The number of aromatic nitrogens is 3. The van der Waals surface area contributed by atoms with Crippen LogP contribution in [0.4, 0.5) is 15.8 Å². The van der Waals surface area contributed by atoms with Crippen LogP contribution in [0.15, 0.2) is 54.9 Å². The molecule has 3 aromatic heterocycles. The van der Waals surface area contributed by atoms with Gasteiger partial charge in [-0.2, -0.15) is 0 Å². The first-order valence-corrected chi connectivity index (χ1v) is 16.4. The van der Waals surface area contributed by atoms with Gasteiger partial charge in [0.1, 0.15) is 0 Å². The molecule has 2 fully saturated rings. The normalized spacial score (nSPS) is 17.3. The van der Waals surface area contributed by atoms with Gasteiger partial charge < -0.3 is 31.3 Å². The molecule has 0 saturated carbocycles. The average Bonchev–Trinajstić information content (AvgIpc) is 3.70. The first-order chi connectivity index (χ1) is 23.3. The third kappa shape index (κ3) is 7.68. The van der Waals surface area contributed by atoms with Gasteiger partial charge in [-0.1, -0.05) is 41.4 Å². The number of rotatable bonds is 13. The molecule has 11 nitrogen and oxygen atoms in total. The van der Waals surface area contributed by atoms with E-state index < -0.39 is 5.82 Å². The minimum atomic E-state index is -0.510. The summed E-state index contributed by atoms with van der Waals surface area (Å²) in [4.78, 5) is 36.4. The maximum absolute atomic E-state index is 15.5. The van der Waals surface area contributed by atoms with Crippen molar-refractivity contribution in [3.63, 3.8) is 0 Å². The molecule has 48 heavy (non-hydrogen) atoms. The van der Waals surface area contributed by atoms with Gasteiger partial charge in [0.15, 0.2) is 5.82 Å². The van der Waals surface area contributed by atoms with E-state index in [0.29, 0.717) is 76.6 Å². The topological polar surface area (TPSA) is 142 Å². The van der Waals surface area contributed by atoms with Crippen LogP contribution in [-0.4, -0.2) is 59.0 Å².